The van der Waals surface area contributed by atoms with Crippen LogP contribution < -0.4 is 0 Å². The van der Waals surface area contributed by atoms with E-state index in [4.69, 9.17) is 17.0 Å². The second-order valence-corrected chi connectivity index (χ2v) is 2.69. The minimum absolute atomic E-state index is 0.101. The highest BCUT2D eigenvalue weighted by Gasteiger charge is 2.04. The van der Waals surface area contributed by atoms with Crippen LogP contribution in [0, 0.1) is 5.41 Å². The molecule has 0 aliphatic rings. The molecule has 0 radical (unpaired) electrons. The van der Waals surface area contributed by atoms with Crippen molar-refractivity contribution >= 4 is 35.3 Å². The highest BCUT2D eigenvalue weighted by Crippen LogP contribution is 2.04. The Kier molecular flexibility index (Phi) is 3.31. The topological polar surface area (TPSA) is 36.2 Å². The Hall–Kier alpha value is -0.800. The molecule has 0 saturated carbocycles. The van der Waals surface area contributed by atoms with E-state index in [1.165, 1.54) is 0 Å². The van der Waals surface area contributed by atoms with Gasteiger partial charge in [-0.3, -0.25) is 5.41 Å². The zero-order valence-corrected chi connectivity index (χ0v) is 7.81. The van der Waals surface area contributed by atoms with Gasteiger partial charge in [-0.2, -0.15) is 0 Å². The Morgan fingerprint density at radius 1 is 1.33 bits per heavy atom. The summed E-state index contributed by atoms with van der Waals surface area (Å²) >= 11 is 9.22. The fourth-order valence-electron chi connectivity index (χ4n) is 0.774. The number of nitrogens with one attached hydrogen (secondary N) is 1. The van der Waals surface area contributed by atoms with E-state index in [-0.39, 0.29) is 10.9 Å². The van der Waals surface area contributed by atoms with Gasteiger partial charge in [0, 0.05) is 5.56 Å². The predicted molar refractivity (Wildman–Crippen MR) is 55.5 cm³/mol. The van der Waals surface area contributed by atoms with Crippen LogP contribution >= 0.6 is 24.4 Å². The Morgan fingerprint density at radius 2 is 1.92 bits per heavy atom. The predicted octanol–water partition coefficient (Wildman–Crippen LogP) is 2.54. The zero-order valence-electron chi connectivity index (χ0n) is 6.16. The first-order valence-corrected chi connectivity index (χ1v) is 4.05. The molecule has 0 spiro atoms. The molecule has 1 rings (SSSR count). The maximum absolute atomic E-state index is 7.52. The number of hydrogen-bond acceptors (Lipinski definition) is 3. The van der Waals surface area contributed by atoms with Gasteiger partial charge in [-0.05, 0) is 12.8 Å². The van der Waals surface area contributed by atoms with E-state index in [0.29, 0.717) is 0 Å². The lowest BCUT2D eigenvalue weighted by Crippen LogP contribution is -2.06. The van der Waals surface area contributed by atoms with Gasteiger partial charge in [0.15, 0.2) is 5.17 Å². The van der Waals surface area contributed by atoms with Crippen molar-refractivity contribution in [1.29, 1.82) is 5.41 Å². The van der Waals surface area contributed by atoms with E-state index in [2.05, 4.69) is 17.2 Å². The van der Waals surface area contributed by atoms with Crippen LogP contribution in [0.15, 0.2) is 34.7 Å². The Labute approximate surface area is 81.3 Å². The minimum atomic E-state index is 0.101. The van der Waals surface area contributed by atoms with Gasteiger partial charge in [0.25, 0.3) is 0 Å². The molecule has 0 unspecified atom stereocenters. The van der Waals surface area contributed by atoms with E-state index in [1.807, 2.05) is 18.2 Å². The summed E-state index contributed by atoms with van der Waals surface area (Å²) < 4.78 is 3.42. The lowest BCUT2D eigenvalue weighted by atomic mass is 10.1. The van der Waals surface area contributed by atoms with Crippen LogP contribution in [0.25, 0.3) is 0 Å². The van der Waals surface area contributed by atoms with Gasteiger partial charge < -0.3 is 0 Å². The molecule has 1 aromatic rings. The molecule has 0 aromatic heterocycles. The average Bonchev–Trinajstić information content (AvgIpc) is 2.17. The molecule has 12 heavy (non-hydrogen) atoms. The summed E-state index contributed by atoms with van der Waals surface area (Å²) in [5.74, 6) is 0. The number of rotatable bonds is 2. The van der Waals surface area contributed by atoms with Gasteiger partial charge in [-0.1, -0.05) is 41.9 Å². The fourth-order valence-corrected chi connectivity index (χ4v) is 0.983. The van der Waals surface area contributed by atoms with Gasteiger partial charge in [-0.15, -0.1) is 0 Å². The summed E-state index contributed by atoms with van der Waals surface area (Å²) in [5, 5.41) is 7.63. The first kappa shape index (κ1) is 9.29. The van der Waals surface area contributed by atoms with E-state index >= 15 is 0 Å². The van der Waals surface area contributed by atoms with Crippen molar-refractivity contribution in [2.24, 2.45) is 4.40 Å². The number of hydrogen-bond donors (Lipinski definition) is 2. The van der Waals surface area contributed by atoms with E-state index < -0.39 is 0 Å². The summed E-state index contributed by atoms with van der Waals surface area (Å²) in [5.41, 5.74) is 0.924. The van der Waals surface area contributed by atoms with Crippen molar-refractivity contribution in [3.05, 3.63) is 35.9 Å². The molecule has 0 heterocycles. The molecule has 1 aromatic carbocycles. The molecular weight excluding hydrogens is 192 g/mol. The molecule has 0 fully saturated rings. The third-order valence-electron chi connectivity index (χ3n) is 1.36. The Bertz CT molecular complexity index is 308. The largest absolute Gasteiger partial charge is 0.297 e. The van der Waals surface area contributed by atoms with Crippen molar-refractivity contribution < 1.29 is 0 Å². The number of nitrogens with zero attached hydrogens (tertiary/aromatic N) is 1. The molecule has 4 heteroatoms. The van der Waals surface area contributed by atoms with Crippen LogP contribution in [0.2, 0.25) is 0 Å². The lowest BCUT2D eigenvalue weighted by Gasteiger charge is -1.98. The van der Waals surface area contributed by atoms with E-state index in [0.717, 1.165) is 5.56 Å². The fraction of sp³-hybridized carbons (Fsp3) is 0. The highest BCUT2D eigenvalue weighted by atomic mass is 35.5. The van der Waals surface area contributed by atoms with E-state index in [9.17, 15) is 0 Å². The second-order valence-electron chi connectivity index (χ2n) is 2.13. The maximum Gasteiger partial charge on any atom is 0.162 e. The molecule has 0 aliphatic carbocycles. The number of thiol groups is 1. The minimum Gasteiger partial charge on any atom is -0.297 e. The van der Waals surface area contributed by atoms with Crippen LogP contribution in [0.4, 0.5) is 0 Å². The van der Waals surface area contributed by atoms with Gasteiger partial charge >= 0.3 is 0 Å². The SMILES string of the molecule is N=C(C(Cl)=NS)c1ccccc1. The lowest BCUT2D eigenvalue weighted by molar-refractivity contribution is 1.51. The molecule has 0 saturated heterocycles. The average molecular weight is 199 g/mol. The standard InChI is InChI=1S/C8H7ClN2S/c9-8(11-12)7(10)6-4-2-1-3-5-6/h1-5,10,12H. The van der Waals surface area contributed by atoms with Crippen LogP contribution in [-0.2, 0) is 0 Å². The van der Waals surface area contributed by atoms with Crippen LogP contribution in [0.3, 0.4) is 0 Å². The normalized spacial score (nSPS) is 11.3. The van der Waals surface area contributed by atoms with Crippen molar-refractivity contribution in [3.63, 3.8) is 0 Å². The summed E-state index contributed by atoms with van der Waals surface area (Å²) in [6.07, 6.45) is 0. The molecule has 0 bridgehead atoms. The Balaban J connectivity index is 2.94. The zero-order chi connectivity index (χ0) is 8.97. The summed E-state index contributed by atoms with van der Waals surface area (Å²) in [7, 11) is 0. The highest BCUT2D eigenvalue weighted by molar-refractivity contribution is 7.79. The van der Waals surface area contributed by atoms with E-state index in [1.54, 1.807) is 12.1 Å². The third-order valence-corrected chi connectivity index (χ3v) is 1.95. The maximum atomic E-state index is 7.52. The van der Waals surface area contributed by atoms with Gasteiger partial charge in [0.05, 0.1) is 5.71 Å². The van der Waals surface area contributed by atoms with Crippen LogP contribution in [0.1, 0.15) is 5.56 Å². The van der Waals surface area contributed by atoms with Crippen molar-refractivity contribution in [2.45, 2.75) is 0 Å². The molecular formula is C8H7ClN2S. The first-order chi connectivity index (χ1) is 5.75. The van der Waals surface area contributed by atoms with Crippen molar-refractivity contribution in [1.82, 2.24) is 0 Å². The van der Waals surface area contributed by atoms with Gasteiger partial charge in [0.2, 0.25) is 0 Å². The van der Waals surface area contributed by atoms with Crippen LogP contribution in [-0.4, -0.2) is 10.9 Å². The number of benzene rings is 1. The number of halogens is 1. The first-order valence-electron chi connectivity index (χ1n) is 3.27. The smallest absolute Gasteiger partial charge is 0.162 e. The molecule has 0 amide bonds. The third kappa shape index (κ3) is 2.09. The molecule has 2 nitrogen and oxygen atoms in total. The summed E-state index contributed by atoms with van der Waals surface area (Å²) in [6.45, 7) is 0. The van der Waals surface area contributed by atoms with Gasteiger partial charge in [-0.25, -0.2) is 4.40 Å². The Morgan fingerprint density at radius 3 is 2.42 bits per heavy atom. The van der Waals surface area contributed by atoms with Crippen molar-refractivity contribution in [2.75, 3.05) is 0 Å². The summed E-state index contributed by atoms with van der Waals surface area (Å²) in [4.78, 5) is 0. The molecule has 1 N–H and O–H groups in total. The van der Waals surface area contributed by atoms with Crippen LogP contribution in [0.5, 0.6) is 0 Å². The monoisotopic (exact) mass is 198 g/mol. The van der Waals surface area contributed by atoms with Gasteiger partial charge in [0.1, 0.15) is 0 Å². The summed E-state index contributed by atoms with van der Waals surface area (Å²) in [6, 6.07) is 9.15. The molecule has 0 aliphatic heterocycles. The quantitative estimate of drug-likeness (QED) is 0.542. The molecule has 62 valence electrons. The molecule has 0 atom stereocenters. The van der Waals surface area contributed by atoms with Crippen molar-refractivity contribution in [3.8, 4) is 0 Å². The second kappa shape index (κ2) is 4.28.